The average molecular weight is 437 g/mol. The van der Waals surface area contributed by atoms with Crippen molar-refractivity contribution in [1.29, 1.82) is 0 Å². The molecule has 2 aromatic carbocycles. The Balaban J connectivity index is 2.32. The minimum absolute atomic E-state index is 0.0432. The Morgan fingerprint density at radius 3 is 2.23 bits per heavy atom. The summed E-state index contributed by atoms with van der Waals surface area (Å²) in [6.45, 7) is 5.04. The quantitative estimate of drug-likeness (QED) is 0.232. The number of phenolic OH excluding ortho intramolecular Hbond substituents is 2. The van der Waals surface area contributed by atoms with Crippen LogP contribution in [0.4, 0.5) is 0 Å². The third-order valence-corrected chi connectivity index (χ3v) is 6.53. The molecule has 2 aromatic rings. The molecular weight excluding hydrogens is 408 g/mol. The van der Waals surface area contributed by atoms with E-state index in [1.807, 2.05) is 0 Å². The molecule has 0 saturated carbocycles. The SMILES string of the molecule is CCC(CC(CC(C)(C)C(=O)Oc1ccccc1)c1ccc(O)c(O)c1)S(=O)(=O)O. The first kappa shape index (κ1) is 23.7. The van der Waals surface area contributed by atoms with E-state index in [9.17, 15) is 28.0 Å². The van der Waals surface area contributed by atoms with Gasteiger partial charge in [-0.25, -0.2) is 0 Å². The molecule has 2 rings (SSSR count). The van der Waals surface area contributed by atoms with E-state index in [0.29, 0.717) is 11.3 Å². The molecule has 2 unspecified atom stereocenters. The van der Waals surface area contributed by atoms with Crippen LogP contribution in [-0.4, -0.2) is 34.4 Å². The van der Waals surface area contributed by atoms with Crippen molar-refractivity contribution in [1.82, 2.24) is 0 Å². The van der Waals surface area contributed by atoms with Gasteiger partial charge in [-0.05, 0) is 68.9 Å². The largest absolute Gasteiger partial charge is 0.504 e. The lowest BCUT2D eigenvalue weighted by molar-refractivity contribution is -0.144. The summed E-state index contributed by atoms with van der Waals surface area (Å²) in [6.07, 6.45) is 0.435. The Morgan fingerprint density at radius 1 is 1.07 bits per heavy atom. The number of aromatic hydroxyl groups is 2. The summed E-state index contributed by atoms with van der Waals surface area (Å²) in [5, 5.41) is 18.5. The van der Waals surface area contributed by atoms with Crippen molar-refractivity contribution in [3.8, 4) is 17.2 Å². The molecule has 30 heavy (non-hydrogen) atoms. The minimum Gasteiger partial charge on any atom is -0.504 e. The first-order chi connectivity index (χ1) is 13.9. The number of hydrogen-bond donors (Lipinski definition) is 3. The van der Waals surface area contributed by atoms with E-state index in [0.717, 1.165) is 0 Å². The van der Waals surface area contributed by atoms with Crippen molar-refractivity contribution in [2.24, 2.45) is 5.41 Å². The van der Waals surface area contributed by atoms with Gasteiger partial charge < -0.3 is 14.9 Å². The number of hydrogen-bond acceptors (Lipinski definition) is 6. The lowest BCUT2D eigenvalue weighted by atomic mass is 9.77. The first-order valence-corrected chi connectivity index (χ1v) is 11.2. The topological polar surface area (TPSA) is 121 Å². The van der Waals surface area contributed by atoms with E-state index in [-0.39, 0.29) is 30.8 Å². The fourth-order valence-electron chi connectivity index (χ4n) is 3.38. The van der Waals surface area contributed by atoms with Crippen LogP contribution in [0.2, 0.25) is 0 Å². The maximum atomic E-state index is 12.8. The van der Waals surface area contributed by atoms with Gasteiger partial charge in [-0.2, -0.15) is 8.42 Å². The van der Waals surface area contributed by atoms with Crippen LogP contribution in [0.3, 0.4) is 0 Å². The van der Waals surface area contributed by atoms with Gasteiger partial charge in [0.05, 0.1) is 10.7 Å². The van der Waals surface area contributed by atoms with Gasteiger partial charge in [0, 0.05) is 0 Å². The summed E-state index contributed by atoms with van der Waals surface area (Å²) in [5.74, 6) is -1.23. The third kappa shape index (κ3) is 6.21. The van der Waals surface area contributed by atoms with E-state index in [2.05, 4.69) is 0 Å². The van der Waals surface area contributed by atoms with Crippen LogP contribution in [-0.2, 0) is 14.9 Å². The van der Waals surface area contributed by atoms with E-state index >= 15 is 0 Å². The summed E-state index contributed by atoms with van der Waals surface area (Å²) in [7, 11) is -4.29. The molecule has 0 fully saturated rings. The van der Waals surface area contributed by atoms with Crippen molar-refractivity contribution in [3.63, 3.8) is 0 Å². The van der Waals surface area contributed by atoms with E-state index in [1.54, 1.807) is 57.2 Å². The zero-order chi connectivity index (χ0) is 22.5. The summed E-state index contributed by atoms with van der Waals surface area (Å²) < 4.78 is 38.6. The monoisotopic (exact) mass is 436 g/mol. The highest BCUT2D eigenvalue weighted by Crippen LogP contribution is 2.39. The van der Waals surface area contributed by atoms with Crippen LogP contribution in [0, 0.1) is 5.41 Å². The lowest BCUT2D eigenvalue weighted by Crippen LogP contribution is -2.32. The smallest absolute Gasteiger partial charge is 0.316 e. The highest BCUT2D eigenvalue weighted by molar-refractivity contribution is 7.86. The first-order valence-electron chi connectivity index (χ1n) is 9.69. The Labute approximate surface area is 177 Å². The Bertz CT molecular complexity index is 968. The second kappa shape index (κ2) is 9.49. The molecule has 0 heterocycles. The fraction of sp³-hybridized carbons (Fsp3) is 0.409. The summed E-state index contributed by atoms with van der Waals surface area (Å²) >= 11 is 0. The van der Waals surface area contributed by atoms with E-state index in [1.165, 1.54) is 12.1 Å². The van der Waals surface area contributed by atoms with Gasteiger partial charge in [0.15, 0.2) is 11.5 Å². The van der Waals surface area contributed by atoms with Crippen LogP contribution in [0.15, 0.2) is 48.5 Å². The molecule has 0 aromatic heterocycles. The van der Waals surface area contributed by atoms with Crippen molar-refractivity contribution < 1.29 is 32.7 Å². The number of rotatable bonds is 9. The van der Waals surface area contributed by atoms with Crippen molar-refractivity contribution in [2.75, 3.05) is 0 Å². The number of ether oxygens (including phenoxy) is 1. The molecule has 0 radical (unpaired) electrons. The number of benzene rings is 2. The predicted octanol–water partition coefficient (Wildman–Crippen LogP) is 4.26. The summed E-state index contributed by atoms with van der Waals surface area (Å²) in [6, 6.07) is 12.8. The molecule has 0 aliphatic carbocycles. The predicted molar refractivity (Wildman–Crippen MR) is 113 cm³/mol. The molecule has 0 saturated heterocycles. The Hall–Kier alpha value is -2.58. The van der Waals surface area contributed by atoms with Gasteiger partial charge in [-0.3, -0.25) is 9.35 Å². The normalized spacial score (nSPS) is 14.1. The van der Waals surface area contributed by atoms with Crippen molar-refractivity contribution >= 4 is 16.1 Å². The van der Waals surface area contributed by atoms with Crippen LogP contribution in [0.25, 0.3) is 0 Å². The maximum Gasteiger partial charge on any atom is 0.316 e. The molecule has 0 amide bonds. The fourth-order valence-corrected chi connectivity index (χ4v) is 4.28. The molecule has 7 nitrogen and oxygen atoms in total. The van der Waals surface area contributed by atoms with Gasteiger partial charge in [0.1, 0.15) is 5.75 Å². The average Bonchev–Trinajstić information content (AvgIpc) is 2.67. The van der Waals surface area contributed by atoms with Gasteiger partial charge >= 0.3 is 5.97 Å². The number of carbonyl (C=O) groups excluding carboxylic acids is 1. The number of esters is 1. The third-order valence-electron chi connectivity index (χ3n) is 5.16. The number of para-hydroxylation sites is 1. The van der Waals surface area contributed by atoms with Gasteiger partial charge in [0.25, 0.3) is 10.1 Å². The van der Waals surface area contributed by atoms with Crippen LogP contribution in [0.1, 0.15) is 51.5 Å². The number of phenols is 2. The molecule has 0 spiro atoms. The standard InChI is InChI=1S/C22H28O7S/c1-4-18(30(26,27)28)12-16(15-10-11-19(23)20(24)13-15)14-22(2,3)21(25)29-17-8-6-5-7-9-17/h5-11,13,16,18,23-24H,4,12,14H2,1-3H3,(H,26,27,28). The summed E-state index contributed by atoms with van der Waals surface area (Å²) in [4.78, 5) is 12.8. The maximum absolute atomic E-state index is 12.8. The highest BCUT2D eigenvalue weighted by Gasteiger charge is 2.36. The molecular formula is C22H28O7S. The molecule has 0 aliphatic heterocycles. The Kier molecular flexibility index (Phi) is 7.49. The van der Waals surface area contributed by atoms with Crippen LogP contribution >= 0.6 is 0 Å². The highest BCUT2D eigenvalue weighted by atomic mass is 32.2. The van der Waals surface area contributed by atoms with Crippen molar-refractivity contribution in [3.05, 3.63) is 54.1 Å². The van der Waals surface area contributed by atoms with Gasteiger partial charge in [0.2, 0.25) is 0 Å². The number of carbonyl (C=O) groups is 1. The van der Waals surface area contributed by atoms with Crippen LogP contribution < -0.4 is 4.74 Å². The second-order valence-corrected chi connectivity index (χ2v) is 9.71. The lowest BCUT2D eigenvalue weighted by Gasteiger charge is -2.30. The van der Waals surface area contributed by atoms with E-state index in [4.69, 9.17) is 4.74 Å². The summed E-state index contributed by atoms with van der Waals surface area (Å²) in [5.41, 5.74) is -0.445. The zero-order valence-electron chi connectivity index (χ0n) is 17.3. The van der Waals surface area contributed by atoms with Crippen LogP contribution in [0.5, 0.6) is 17.2 Å². The van der Waals surface area contributed by atoms with Crippen molar-refractivity contribution in [2.45, 2.75) is 51.2 Å². The Morgan fingerprint density at radius 2 is 1.70 bits per heavy atom. The van der Waals surface area contributed by atoms with Gasteiger partial charge in [-0.15, -0.1) is 0 Å². The van der Waals surface area contributed by atoms with E-state index < -0.39 is 32.7 Å². The second-order valence-electron chi connectivity index (χ2n) is 8.02. The molecule has 2 atom stereocenters. The molecule has 3 N–H and O–H groups in total. The zero-order valence-corrected chi connectivity index (χ0v) is 18.1. The molecule has 0 bridgehead atoms. The molecule has 164 valence electrons. The molecule has 0 aliphatic rings. The molecule has 8 heteroatoms. The van der Waals surface area contributed by atoms with Gasteiger partial charge in [-0.1, -0.05) is 31.2 Å². The minimum atomic E-state index is -4.29.